The van der Waals surface area contributed by atoms with Crippen molar-refractivity contribution in [2.45, 2.75) is 20.1 Å². The van der Waals surface area contributed by atoms with E-state index in [4.69, 9.17) is 9.47 Å². The van der Waals surface area contributed by atoms with Gasteiger partial charge in [-0.2, -0.15) is 0 Å². The van der Waals surface area contributed by atoms with Crippen LogP contribution < -0.4 is 9.47 Å². The van der Waals surface area contributed by atoms with Gasteiger partial charge >= 0.3 is 0 Å². The quantitative estimate of drug-likeness (QED) is 0.226. The lowest BCUT2D eigenvalue weighted by Gasteiger charge is -2.13. The standard InChI is InChI=1S/C26H22N2O6S/c1-17-5-3-6-19(11-17)15-27-25(29)24(35-26(27)30)14-18-9-10-22(23(13-18)33-2)34-16-20-7-4-8-21(12-20)28(31)32/h3-14H,15-16H2,1-2H3/b24-14+. The molecule has 0 atom stereocenters. The van der Waals surface area contributed by atoms with Crippen molar-refractivity contribution >= 4 is 34.7 Å². The van der Waals surface area contributed by atoms with Gasteiger partial charge in [-0.1, -0.05) is 48.0 Å². The zero-order valence-electron chi connectivity index (χ0n) is 19.1. The third-order valence-electron chi connectivity index (χ3n) is 5.30. The number of methoxy groups -OCH3 is 1. The second-order valence-corrected chi connectivity index (χ2v) is 8.88. The molecule has 3 aromatic carbocycles. The molecule has 1 aliphatic rings. The Morgan fingerprint density at radius 3 is 2.51 bits per heavy atom. The van der Waals surface area contributed by atoms with Crippen molar-refractivity contribution in [2.24, 2.45) is 0 Å². The highest BCUT2D eigenvalue weighted by Gasteiger charge is 2.35. The van der Waals surface area contributed by atoms with Gasteiger partial charge in [-0.3, -0.25) is 24.6 Å². The number of thioether (sulfide) groups is 1. The summed E-state index contributed by atoms with van der Waals surface area (Å²) < 4.78 is 11.2. The maximum atomic E-state index is 12.9. The molecule has 0 bridgehead atoms. The molecule has 178 valence electrons. The second kappa shape index (κ2) is 10.4. The number of nitrogens with zero attached hydrogens (tertiary/aromatic N) is 2. The van der Waals surface area contributed by atoms with E-state index in [1.807, 2.05) is 31.2 Å². The number of hydrogen-bond acceptors (Lipinski definition) is 7. The van der Waals surface area contributed by atoms with Gasteiger partial charge < -0.3 is 9.47 Å². The maximum absolute atomic E-state index is 12.9. The maximum Gasteiger partial charge on any atom is 0.293 e. The molecule has 1 heterocycles. The largest absolute Gasteiger partial charge is 0.493 e. The lowest BCUT2D eigenvalue weighted by Crippen LogP contribution is -2.27. The fourth-order valence-corrected chi connectivity index (χ4v) is 4.43. The number of non-ortho nitro benzene ring substituents is 1. The van der Waals surface area contributed by atoms with Gasteiger partial charge in [-0.15, -0.1) is 0 Å². The number of carbonyl (C=O) groups is 2. The Hall–Kier alpha value is -4.11. The highest BCUT2D eigenvalue weighted by atomic mass is 32.2. The first kappa shape index (κ1) is 24.0. The number of benzene rings is 3. The van der Waals surface area contributed by atoms with Gasteiger partial charge in [-0.05, 0) is 53.6 Å². The number of ether oxygens (including phenoxy) is 2. The van der Waals surface area contributed by atoms with Crippen LogP contribution in [-0.2, 0) is 17.9 Å². The van der Waals surface area contributed by atoms with E-state index in [9.17, 15) is 19.7 Å². The molecule has 0 aliphatic carbocycles. The minimum atomic E-state index is -0.457. The molecule has 4 rings (SSSR count). The smallest absolute Gasteiger partial charge is 0.293 e. The van der Waals surface area contributed by atoms with Crippen molar-refractivity contribution in [3.8, 4) is 11.5 Å². The summed E-state index contributed by atoms with van der Waals surface area (Å²) in [6.07, 6.45) is 1.65. The number of imide groups is 1. The molecule has 0 radical (unpaired) electrons. The lowest BCUT2D eigenvalue weighted by atomic mass is 10.1. The van der Waals surface area contributed by atoms with E-state index in [0.717, 1.165) is 22.9 Å². The Morgan fingerprint density at radius 1 is 1.00 bits per heavy atom. The van der Waals surface area contributed by atoms with E-state index < -0.39 is 4.92 Å². The van der Waals surface area contributed by atoms with Crippen molar-refractivity contribution in [3.05, 3.63) is 104 Å². The summed E-state index contributed by atoms with van der Waals surface area (Å²) in [6, 6.07) is 19.0. The molecule has 0 saturated carbocycles. The van der Waals surface area contributed by atoms with Crippen molar-refractivity contribution in [1.82, 2.24) is 4.90 Å². The van der Waals surface area contributed by atoms with Crippen molar-refractivity contribution < 1.29 is 24.0 Å². The monoisotopic (exact) mass is 490 g/mol. The van der Waals surface area contributed by atoms with Gasteiger partial charge in [0.2, 0.25) is 0 Å². The first-order valence-electron chi connectivity index (χ1n) is 10.7. The van der Waals surface area contributed by atoms with Crippen LogP contribution >= 0.6 is 11.8 Å². The molecule has 2 amide bonds. The number of nitro groups is 1. The summed E-state index contributed by atoms with van der Waals surface area (Å²) in [7, 11) is 1.50. The summed E-state index contributed by atoms with van der Waals surface area (Å²) >= 11 is 0.900. The Kier molecular flexibility index (Phi) is 7.17. The van der Waals surface area contributed by atoms with Gasteiger partial charge in [0.15, 0.2) is 11.5 Å². The zero-order chi connectivity index (χ0) is 24.9. The molecular weight excluding hydrogens is 468 g/mol. The first-order valence-corrected chi connectivity index (χ1v) is 11.5. The van der Waals surface area contributed by atoms with Gasteiger partial charge in [0.1, 0.15) is 6.61 Å². The van der Waals surface area contributed by atoms with Crippen molar-refractivity contribution in [1.29, 1.82) is 0 Å². The highest BCUT2D eigenvalue weighted by Crippen LogP contribution is 2.35. The van der Waals surface area contributed by atoms with Crippen LogP contribution in [0.25, 0.3) is 6.08 Å². The van der Waals surface area contributed by atoms with Crippen LogP contribution in [0.5, 0.6) is 11.5 Å². The molecule has 9 heteroatoms. The SMILES string of the molecule is COc1cc(/C=C2/SC(=O)N(Cc3cccc(C)c3)C2=O)ccc1OCc1cccc([N+](=O)[O-])c1. The van der Waals surface area contributed by atoms with Gasteiger partial charge in [-0.25, -0.2) is 0 Å². The van der Waals surface area contributed by atoms with Crippen molar-refractivity contribution in [3.63, 3.8) is 0 Å². The molecule has 0 aromatic heterocycles. The minimum absolute atomic E-state index is 0.00948. The van der Waals surface area contributed by atoms with E-state index in [2.05, 4.69) is 0 Å². The second-order valence-electron chi connectivity index (χ2n) is 7.88. The molecule has 1 aliphatic heterocycles. The summed E-state index contributed by atoms with van der Waals surface area (Å²) in [5.74, 6) is 0.540. The number of aryl methyl sites for hydroxylation is 1. The predicted molar refractivity (Wildman–Crippen MR) is 133 cm³/mol. The summed E-state index contributed by atoms with van der Waals surface area (Å²) in [5, 5.41) is 10.7. The molecule has 0 N–H and O–H groups in total. The predicted octanol–water partition coefficient (Wildman–Crippen LogP) is 5.73. The van der Waals surface area contributed by atoms with E-state index in [-0.39, 0.29) is 30.0 Å². The Labute approximate surface area is 206 Å². The van der Waals surface area contributed by atoms with E-state index in [0.29, 0.717) is 27.5 Å². The van der Waals surface area contributed by atoms with Gasteiger partial charge in [0.25, 0.3) is 16.8 Å². The molecule has 3 aromatic rings. The lowest BCUT2D eigenvalue weighted by molar-refractivity contribution is -0.384. The molecule has 1 saturated heterocycles. The fraction of sp³-hybridized carbons (Fsp3) is 0.154. The molecule has 1 fully saturated rings. The topological polar surface area (TPSA) is 99.0 Å². The van der Waals surface area contributed by atoms with Crippen LogP contribution in [0.15, 0.2) is 71.6 Å². The van der Waals surface area contributed by atoms with Gasteiger partial charge in [0.05, 0.1) is 23.5 Å². The minimum Gasteiger partial charge on any atom is -0.493 e. The zero-order valence-corrected chi connectivity index (χ0v) is 19.9. The summed E-state index contributed by atoms with van der Waals surface area (Å²) in [6.45, 7) is 2.30. The average Bonchev–Trinajstić information content (AvgIpc) is 3.10. The van der Waals surface area contributed by atoms with Crippen LogP contribution in [0.2, 0.25) is 0 Å². The van der Waals surface area contributed by atoms with Crippen molar-refractivity contribution in [2.75, 3.05) is 7.11 Å². The first-order chi connectivity index (χ1) is 16.8. The third kappa shape index (κ3) is 5.70. The highest BCUT2D eigenvalue weighted by molar-refractivity contribution is 8.18. The summed E-state index contributed by atoms with van der Waals surface area (Å²) in [4.78, 5) is 37.4. The number of amides is 2. The van der Waals surface area contributed by atoms with E-state index >= 15 is 0 Å². The summed E-state index contributed by atoms with van der Waals surface area (Å²) in [5.41, 5.74) is 3.26. The Morgan fingerprint density at radius 2 is 1.77 bits per heavy atom. The molecule has 8 nitrogen and oxygen atoms in total. The Bertz CT molecular complexity index is 1340. The molecular formula is C26H22N2O6S. The number of hydrogen-bond donors (Lipinski definition) is 0. The van der Waals surface area contributed by atoms with Crippen LogP contribution in [0.3, 0.4) is 0 Å². The Balaban J connectivity index is 1.48. The van der Waals surface area contributed by atoms with Crippen LogP contribution in [0, 0.1) is 17.0 Å². The van der Waals surface area contributed by atoms with Crippen LogP contribution in [0.1, 0.15) is 22.3 Å². The molecule has 35 heavy (non-hydrogen) atoms. The third-order valence-corrected chi connectivity index (χ3v) is 6.21. The van der Waals surface area contributed by atoms with Crippen LogP contribution in [-0.4, -0.2) is 28.1 Å². The number of nitro benzene ring substituents is 1. The van der Waals surface area contributed by atoms with E-state index in [1.165, 1.54) is 24.1 Å². The number of rotatable bonds is 8. The number of carbonyl (C=O) groups excluding carboxylic acids is 2. The normalized spacial score (nSPS) is 14.5. The fourth-order valence-electron chi connectivity index (χ4n) is 3.59. The van der Waals surface area contributed by atoms with Gasteiger partial charge in [0, 0.05) is 12.1 Å². The molecule has 0 spiro atoms. The molecule has 0 unspecified atom stereocenters. The van der Waals surface area contributed by atoms with E-state index in [1.54, 1.807) is 36.4 Å². The average molecular weight is 491 g/mol. The van der Waals surface area contributed by atoms with Crippen LogP contribution in [0.4, 0.5) is 10.5 Å².